The first kappa shape index (κ1) is 17.5. The summed E-state index contributed by atoms with van der Waals surface area (Å²) < 4.78 is 23.0. The number of ketones is 1. The molecule has 0 aromatic heterocycles. The Balaban J connectivity index is 2.49. The Hall–Kier alpha value is -1.84. The number of nitro benzene ring substituents is 1. The Labute approximate surface area is 132 Å². The van der Waals surface area contributed by atoms with Crippen LogP contribution in [0.25, 0.3) is 0 Å². The third kappa shape index (κ3) is 3.57. The highest BCUT2D eigenvalue weighted by Gasteiger charge is 2.39. The summed E-state index contributed by atoms with van der Waals surface area (Å²) >= 11 is 0. The van der Waals surface area contributed by atoms with Crippen molar-refractivity contribution in [2.45, 2.75) is 36.4 Å². The molecule has 0 bridgehead atoms. The zero-order valence-electron chi connectivity index (χ0n) is 12.4. The number of nitro groups is 1. The predicted octanol–water partition coefficient (Wildman–Crippen LogP) is 0.762. The zero-order valence-corrected chi connectivity index (χ0v) is 13.2. The van der Waals surface area contributed by atoms with E-state index in [2.05, 4.69) is 0 Å². The predicted molar refractivity (Wildman–Crippen MR) is 79.5 cm³/mol. The van der Waals surface area contributed by atoms with Crippen LogP contribution in [0.15, 0.2) is 23.1 Å². The molecule has 0 saturated heterocycles. The Bertz CT molecular complexity index is 743. The number of Topliss-reactive ketones (excluding diaryl/α,β-unsaturated/α-hetero) is 1. The third-order valence-electron chi connectivity index (χ3n) is 3.99. The standard InChI is InChI=1S/C14H17NO7S/c1-23(21,22)8-5-6-9(10(7-8)15(19)20)14(18)13-11(16)3-2-4-12(13)17/h5-7,11,13-14,16,18H,2-4H2,1H3/t11-,13+,14+/m1/s1. The SMILES string of the molecule is CS(=O)(=O)c1ccc([C@H](O)[C@@H]2C(=O)CCC[C@H]2O)c([N+](=O)[O-])c1. The number of aliphatic hydroxyl groups excluding tert-OH is 2. The maximum Gasteiger partial charge on any atom is 0.276 e. The molecule has 0 radical (unpaired) electrons. The molecule has 0 spiro atoms. The number of carbonyl (C=O) groups is 1. The number of nitrogens with zero attached hydrogens (tertiary/aromatic N) is 1. The number of benzene rings is 1. The van der Waals surface area contributed by atoms with Crippen molar-refractivity contribution in [1.29, 1.82) is 0 Å². The van der Waals surface area contributed by atoms with Crippen molar-refractivity contribution in [2.75, 3.05) is 6.26 Å². The maximum absolute atomic E-state index is 11.9. The molecule has 0 heterocycles. The third-order valence-corrected chi connectivity index (χ3v) is 5.11. The van der Waals surface area contributed by atoms with E-state index in [1.54, 1.807) is 0 Å². The fourth-order valence-corrected chi connectivity index (χ4v) is 3.43. The minimum atomic E-state index is -3.65. The van der Waals surface area contributed by atoms with E-state index in [4.69, 9.17) is 0 Å². The molecule has 1 aromatic rings. The molecule has 23 heavy (non-hydrogen) atoms. The van der Waals surface area contributed by atoms with Gasteiger partial charge in [0.05, 0.1) is 33.5 Å². The molecule has 3 atom stereocenters. The first-order valence-corrected chi connectivity index (χ1v) is 8.89. The Morgan fingerprint density at radius 1 is 1.39 bits per heavy atom. The fourth-order valence-electron chi connectivity index (χ4n) is 2.79. The Morgan fingerprint density at radius 3 is 2.57 bits per heavy atom. The molecule has 1 saturated carbocycles. The van der Waals surface area contributed by atoms with Crippen LogP contribution in [0.2, 0.25) is 0 Å². The highest BCUT2D eigenvalue weighted by molar-refractivity contribution is 7.90. The van der Waals surface area contributed by atoms with Gasteiger partial charge in [0, 0.05) is 18.7 Å². The van der Waals surface area contributed by atoms with Crippen molar-refractivity contribution >= 4 is 21.3 Å². The van der Waals surface area contributed by atoms with Crippen LogP contribution < -0.4 is 0 Å². The van der Waals surface area contributed by atoms with Gasteiger partial charge in [-0.05, 0) is 25.0 Å². The number of sulfone groups is 1. The van der Waals surface area contributed by atoms with Crippen LogP contribution >= 0.6 is 0 Å². The first-order chi connectivity index (χ1) is 10.6. The summed E-state index contributed by atoms with van der Waals surface area (Å²) in [5, 5.41) is 31.5. The minimum absolute atomic E-state index is 0.179. The summed E-state index contributed by atoms with van der Waals surface area (Å²) in [5.74, 6) is -1.51. The van der Waals surface area contributed by atoms with Crippen molar-refractivity contribution < 1.29 is 28.3 Å². The molecule has 1 fully saturated rings. The van der Waals surface area contributed by atoms with Crippen LogP contribution in [0.3, 0.4) is 0 Å². The van der Waals surface area contributed by atoms with Crippen molar-refractivity contribution in [3.05, 3.63) is 33.9 Å². The van der Waals surface area contributed by atoms with Crippen molar-refractivity contribution in [3.8, 4) is 0 Å². The topological polar surface area (TPSA) is 135 Å². The summed E-state index contributed by atoms with van der Waals surface area (Å²) in [7, 11) is -3.65. The van der Waals surface area contributed by atoms with Crippen molar-refractivity contribution in [1.82, 2.24) is 0 Å². The van der Waals surface area contributed by atoms with Gasteiger partial charge in [-0.3, -0.25) is 14.9 Å². The maximum atomic E-state index is 11.9. The monoisotopic (exact) mass is 343 g/mol. The molecule has 8 nitrogen and oxygen atoms in total. The molecule has 9 heteroatoms. The fraction of sp³-hybridized carbons (Fsp3) is 0.500. The molecule has 2 N–H and O–H groups in total. The lowest BCUT2D eigenvalue weighted by molar-refractivity contribution is -0.386. The molecule has 1 aliphatic rings. The lowest BCUT2D eigenvalue weighted by atomic mass is 9.79. The van der Waals surface area contributed by atoms with Gasteiger partial charge in [0.15, 0.2) is 9.84 Å². The summed E-state index contributed by atoms with van der Waals surface area (Å²) in [4.78, 5) is 22.1. The van der Waals surface area contributed by atoms with E-state index >= 15 is 0 Å². The number of hydrogen-bond acceptors (Lipinski definition) is 7. The number of aliphatic hydroxyl groups is 2. The summed E-state index contributed by atoms with van der Waals surface area (Å²) in [6.07, 6.45) is -0.724. The van der Waals surface area contributed by atoms with Gasteiger partial charge >= 0.3 is 0 Å². The molecule has 2 rings (SSSR count). The van der Waals surface area contributed by atoms with E-state index in [1.165, 1.54) is 0 Å². The summed E-state index contributed by atoms with van der Waals surface area (Å²) in [5.41, 5.74) is -0.771. The number of carbonyl (C=O) groups excluding carboxylic acids is 1. The second kappa shape index (κ2) is 6.34. The smallest absolute Gasteiger partial charge is 0.276 e. The highest BCUT2D eigenvalue weighted by atomic mass is 32.2. The average Bonchev–Trinajstić information content (AvgIpc) is 2.45. The number of rotatable bonds is 4. The van der Waals surface area contributed by atoms with Gasteiger partial charge in [-0.15, -0.1) is 0 Å². The van der Waals surface area contributed by atoms with E-state index < -0.39 is 38.6 Å². The molecule has 1 aromatic carbocycles. The minimum Gasteiger partial charge on any atom is -0.392 e. The molecule has 0 amide bonds. The van der Waals surface area contributed by atoms with Crippen molar-refractivity contribution in [2.24, 2.45) is 5.92 Å². The second-order valence-electron chi connectivity index (χ2n) is 5.65. The zero-order chi connectivity index (χ0) is 17.4. The summed E-state index contributed by atoms with van der Waals surface area (Å²) in [6, 6.07) is 3.11. The molecule has 0 unspecified atom stereocenters. The van der Waals surface area contributed by atoms with Crippen LogP contribution in [0, 0.1) is 16.0 Å². The second-order valence-corrected chi connectivity index (χ2v) is 7.66. The van der Waals surface area contributed by atoms with Crippen molar-refractivity contribution in [3.63, 3.8) is 0 Å². The van der Waals surface area contributed by atoms with Crippen LogP contribution in [-0.4, -0.2) is 41.7 Å². The normalized spacial score (nSPS) is 23.5. The Kier molecular flexibility index (Phi) is 4.83. The Morgan fingerprint density at radius 2 is 2.04 bits per heavy atom. The molecule has 0 aliphatic heterocycles. The molecule has 1 aliphatic carbocycles. The van der Waals surface area contributed by atoms with Gasteiger partial charge < -0.3 is 10.2 Å². The van der Waals surface area contributed by atoms with Crippen LogP contribution in [0.5, 0.6) is 0 Å². The molecular formula is C14H17NO7S. The average molecular weight is 343 g/mol. The van der Waals surface area contributed by atoms with Gasteiger partial charge in [-0.1, -0.05) is 0 Å². The lowest BCUT2D eigenvalue weighted by Crippen LogP contribution is -2.37. The van der Waals surface area contributed by atoms with E-state index in [1.807, 2.05) is 0 Å². The van der Waals surface area contributed by atoms with Gasteiger partial charge in [0.1, 0.15) is 5.78 Å². The van der Waals surface area contributed by atoms with Gasteiger partial charge in [-0.2, -0.15) is 0 Å². The van der Waals surface area contributed by atoms with E-state index in [9.17, 15) is 33.5 Å². The van der Waals surface area contributed by atoms with Gasteiger partial charge in [0.25, 0.3) is 5.69 Å². The lowest BCUT2D eigenvalue weighted by Gasteiger charge is -2.30. The first-order valence-electron chi connectivity index (χ1n) is 7.00. The van der Waals surface area contributed by atoms with E-state index in [-0.39, 0.29) is 22.7 Å². The largest absolute Gasteiger partial charge is 0.392 e. The van der Waals surface area contributed by atoms with Crippen LogP contribution in [0.1, 0.15) is 30.9 Å². The highest BCUT2D eigenvalue weighted by Crippen LogP contribution is 2.37. The van der Waals surface area contributed by atoms with Gasteiger partial charge in [-0.25, -0.2) is 8.42 Å². The number of hydrogen-bond donors (Lipinski definition) is 2. The van der Waals surface area contributed by atoms with Gasteiger partial charge in [0.2, 0.25) is 0 Å². The molecular weight excluding hydrogens is 326 g/mol. The molecule has 126 valence electrons. The summed E-state index contributed by atoms with van der Waals surface area (Å²) in [6.45, 7) is 0. The van der Waals surface area contributed by atoms with Crippen LogP contribution in [-0.2, 0) is 14.6 Å². The van der Waals surface area contributed by atoms with Crippen LogP contribution in [0.4, 0.5) is 5.69 Å². The van der Waals surface area contributed by atoms with E-state index in [0.29, 0.717) is 12.8 Å². The van der Waals surface area contributed by atoms with E-state index in [0.717, 1.165) is 24.5 Å². The quantitative estimate of drug-likeness (QED) is 0.608.